The summed E-state index contributed by atoms with van der Waals surface area (Å²) in [6.07, 6.45) is 1.59. The van der Waals surface area contributed by atoms with Gasteiger partial charge in [0.1, 0.15) is 6.33 Å². The number of nitrogens with two attached hydrogens (primary N) is 1. The first-order chi connectivity index (χ1) is 7.79. The zero-order valence-corrected chi connectivity index (χ0v) is 9.94. The van der Waals surface area contributed by atoms with Gasteiger partial charge < -0.3 is 10.6 Å². The van der Waals surface area contributed by atoms with Crippen LogP contribution in [0.5, 0.6) is 0 Å². The smallest absolute Gasteiger partial charge is 0.205 e. The third-order valence-corrected chi connectivity index (χ3v) is 3.05. The summed E-state index contributed by atoms with van der Waals surface area (Å²) in [6.45, 7) is 3.83. The SMILES string of the molecule is CCN(Cc1cccc(N)c1)c1ncns1. The third kappa shape index (κ3) is 2.49. The van der Waals surface area contributed by atoms with Crippen LogP contribution < -0.4 is 10.6 Å². The van der Waals surface area contributed by atoms with Crippen molar-refractivity contribution in [3.8, 4) is 0 Å². The van der Waals surface area contributed by atoms with Gasteiger partial charge in [0.25, 0.3) is 0 Å². The average molecular weight is 234 g/mol. The molecule has 0 bridgehead atoms. The van der Waals surface area contributed by atoms with E-state index in [1.807, 2.05) is 18.2 Å². The Labute approximate surface area is 98.9 Å². The predicted octanol–water partition coefficient (Wildman–Crippen LogP) is 2.15. The standard InChI is InChI=1S/C11H14N4S/c1-2-15(11-13-8-14-16-11)7-9-4-3-5-10(12)6-9/h3-6,8H,2,7,12H2,1H3. The van der Waals surface area contributed by atoms with E-state index in [2.05, 4.69) is 27.2 Å². The number of nitrogen functional groups attached to an aromatic ring is 1. The van der Waals surface area contributed by atoms with E-state index in [0.717, 1.165) is 23.9 Å². The van der Waals surface area contributed by atoms with E-state index in [9.17, 15) is 0 Å². The van der Waals surface area contributed by atoms with Crippen LogP contribution in [0.25, 0.3) is 0 Å². The van der Waals surface area contributed by atoms with Crippen molar-refractivity contribution < 1.29 is 0 Å². The molecular weight excluding hydrogens is 220 g/mol. The second-order valence-electron chi connectivity index (χ2n) is 3.48. The van der Waals surface area contributed by atoms with Gasteiger partial charge in [0.05, 0.1) is 0 Å². The molecular formula is C11H14N4S. The Morgan fingerprint density at radius 1 is 1.44 bits per heavy atom. The molecule has 2 aromatic rings. The van der Waals surface area contributed by atoms with Crippen LogP contribution in [0.3, 0.4) is 0 Å². The molecule has 0 spiro atoms. The predicted molar refractivity (Wildman–Crippen MR) is 67.5 cm³/mol. The Kier molecular flexibility index (Phi) is 3.36. The summed E-state index contributed by atoms with van der Waals surface area (Å²) in [4.78, 5) is 6.38. The van der Waals surface area contributed by atoms with Crippen molar-refractivity contribution >= 4 is 22.4 Å². The molecule has 1 heterocycles. The molecule has 0 aliphatic rings. The lowest BCUT2D eigenvalue weighted by Gasteiger charge is -2.19. The van der Waals surface area contributed by atoms with Gasteiger partial charge in [-0.3, -0.25) is 0 Å². The largest absolute Gasteiger partial charge is 0.399 e. The highest BCUT2D eigenvalue weighted by atomic mass is 32.1. The number of nitrogens with zero attached hydrogens (tertiary/aromatic N) is 3. The fourth-order valence-corrected chi connectivity index (χ4v) is 2.13. The molecule has 0 fully saturated rings. The monoisotopic (exact) mass is 234 g/mol. The normalized spacial score (nSPS) is 10.3. The second-order valence-corrected chi connectivity index (χ2v) is 4.24. The van der Waals surface area contributed by atoms with Gasteiger partial charge in [-0.2, -0.15) is 4.37 Å². The zero-order chi connectivity index (χ0) is 11.4. The average Bonchev–Trinajstić information content (AvgIpc) is 2.79. The Morgan fingerprint density at radius 2 is 2.31 bits per heavy atom. The van der Waals surface area contributed by atoms with Crippen molar-refractivity contribution in [1.29, 1.82) is 0 Å². The van der Waals surface area contributed by atoms with Gasteiger partial charge >= 0.3 is 0 Å². The van der Waals surface area contributed by atoms with E-state index < -0.39 is 0 Å². The van der Waals surface area contributed by atoms with Crippen LogP contribution in [0, 0.1) is 0 Å². The van der Waals surface area contributed by atoms with Crippen LogP contribution in [-0.2, 0) is 6.54 Å². The van der Waals surface area contributed by atoms with Crippen molar-refractivity contribution in [3.63, 3.8) is 0 Å². The van der Waals surface area contributed by atoms with Gasteiger partial charge in [-0.25, -0.2) is 4.98 Å². The van der Waals surface area contributed by atoms with Crippen molar-refractivity contribution in [2.24, 2.45) is 0 Å². The minimum absolute atomic E-state index is 0.797. The number of hydrogen-bond donors (Lipinski definition) is 1. The molecule has 0 saturated carbocycles. The summed E-state index contributed by atoms with van der Waals surface area (Å²) in [5, 5.41) is 0.949. The lowest BCUT2D eigenvalue weighted by molar-refractivity contribution is 0.826. The van der Waals surface area contributed by atoms with Crippen LogP contribution in [0.2, 0.25) is 0 Å². The van der Waals surface area contributed by atoms with E-state index in [0.29, 0.717) is 0 Å². The first-order valence-corrected chi connectivity index (χ1v) is 5.93. The Morgan fingerprint density at radius 3 is 2.94 bits per heavy atom. The summed E-state index contributed by atoms with van der Waals surface area (Å²) in [7, 11) is 0. The maximum Gasteiger partial charge on any atom is 0.205 e. The number of benzene rings is 1. The molecule has 0 aliphatic carbocycles. The van der Waals surface area contributed by atoms with Crippen molar-refractivity contribution in [2.45, 2.75) is 13.5 Å². The Hall–Kier alpha value is -1.62. The van der Waals surface area contributed by atoms with Gasteiger partial charge in [-0.15, -0.1) is 0 Å². The topological polar surface area (TPSA) is 55.0 Å². The molecule has 5 heteroatoms. The molecule has 0 atom stereocenters. The first-order valence-electron chi connectivity index (χ1n) is 5.15. The summed E-state index contributed by atoms with van der Waals surface area (Å²) in [6, 6.07) is 7.92. The maximum atomic E-state index is 5.75. The van der Waals surface area contributed by atoms with Crippen molar-refractivity contribution in [3.05, 3.63) is 36.2 Å². The molecule has 0 radical (unpaired) electrons. The second kappa shape index (κ2) is 4.94. The molecule has 0 amide bonds. The molecule has 16 heavy (non-hydrogen) atoms. The quantitative estimate of drug-likeness (QED) is 0.823. The third-order valence-electron chi connectivity index (χ3n) is 2.33. The van der Waals surface area contributed by atoms with Gasteiger partial charge in [-0.05, 0) is 24.6 Å². The Balaban J connectivity index is 2.13. The molecule has 1 aromatic heterocycles. The van der Waals surface area contributed by atoms with E-state index in [-0.39, 0.29) is 0 Å². The minimum atomic E-state index is 0.797. The number of aromatic nitrogens is 2. The summed E-state index contributed by atoms with van der Waals surface area (Å²) < 4.78 is 4.01. The van der Waals surface area contributed by atoms with E-state index in [4.69, 9.17) is 5.73 Å². The highest BCUT2D eigenvalue weighted by Crippen LogP contribution is 2.18. The molecule has 0 saturated heterocycles. The number of hydrogen-bond acceptors (Lipinski definition) is 5. The fraction of sp³-hybridized carbons (Fsp3) is 0.273. The van der Waals surface area contributed by atoms with Crippen molar-refractivity contribution in [1.82, 2.24) is 9.36 Å². The van der Waals surface area contributed by atoms with Crippen LogP contribution in [0.4, 0.5) is 10.8 Å². The van der Waals surface area contributed by atoms with Crippen LogP contribution in [-0.4, -0.2) is 15.9 Å². The molecule has 0 unspecified atom stereocenters. The molecule has 4 nitrogen and oxygen atoms in total. The molecule has 84 valence electrons. The molecule has 2 rings (SSSR count). The van der Waals surface area contributed by atoms with Gasteiger partial charge in [0.15, 0.2) is 0 Å². The van der Waals surface area contributed by atoms with Gasteiger partial charge in [0.2, 0.25) is 5.13 Å². The first kappa shape index (κ1) is 10.9. The van der Waals surface area contributed by atoms with E-state index in [1.165, 1.54) is 17.1 Å². The summed E-state index contributed by atoms with van der Waals surface area (Å²) in [5.41, 5.74) is 7.74. The molecule has 2 N–H and O–H groups in total. The zero-order valence-electron chi connectivity index (χ0n) is 9.13. The van der Waals surface area contributed by atoms with Crippen LogP contribution in [0.15, 0.2) is 30.6 Å². The van der Waals surface area contributed by atoms with Crippen LogP contribution in [0.1, 0.15) is 12.5 Å². The molecule has 0 aliphatic heterocycles. The van der Waals surface area contributed by atoms with Gasteiger partial charge in [-0.1, -0.05) is 12.1 Å². The highest BCUT2D eigenvalue weighted by Gasteiger charge is 2.08. The Bertz CT molecular complexity index is 441. The lowest BCUT2D eigenvalue weighted by Crippen LogP contribution is -2.21. The number of anilines is 2. The highest BCUT2D eigenvalue weighted by molar-refractivity contribution is 7.09. The summed E-state index contributed by atoms with van der Waals surface area (Å²) >= 11 is 1.41. The number of rotatable bonds is 4. The fourth-order valence-electron chi connectivity index (χ4n) is 1.53. The lowest BCUT2D eigenvalue weighted by atomic mass is 10.2. The van der Waals surface area contributed by atoms with E-state index in [1.54, 1.807) is 6.33 Å². The van der Waals surface area contributed by atoms with Crippen molar-refractivity contribution in [2.75, 3.05) is 17.2 Å². The minimum Gasteiger partial charge on any atom is -0.399 e. The maximum absolute atomic E-state index is 5.75. The summed E-state index contributed by atoms with van der Waals surface area (Å²) in [5.74, 6) is 0. The van der Waals surface area contributed by atoms with Crippen LogP contribution >= 0.6 is 11.5 Å². The van der Waals surface area contributed by atoms with E-state index >= 15 is 0 Å². The molecule has 1 aromatic carbocycles. The van der Waals surface area contributed by atoms with Gasteiger partial charge in [0, 0.05) is 30.3 Å².